The second kappa shape index (κ2) is 7.95. The van der Waals surface area contributed by atoms with Gasteiger partial charge in [-0.25, -0.2) is 13.1 Å². The molecule has 1 aromatic carbocycles. The lowest BCUT2D eigenvalue weighted by atomic mass is 9.69. The lowest BCUT2D eigenvalue weighted by Gasteiger charge is -2.39. The zero-order valence-electron chi connectivity index (χ0n) is 18.2. The standard InChI is InChI=1S/C24H30N2O4S/c1-23(2)18-12-13-24(23,3)21(15-18)26-22(27)11-8-17-6-9-20(10-7-17)31(28,29)25-16-19-5-4-14-30-19/h4-11,14,18,21,25H,12-13,15-16H2,1-3H3,(H,26,27)/b11-8+. The highest BCUT2D eigenvalue weighted by Crippen LogP contribution is 2.65. The Morgan fingerprint density at radius 2 is 1.94 bits per heavy atom. The molecule has 1 amide bonds. The van der Waals surface area contributed by atoms with Crippen molar-refractivity contribution in [1.82, 2.24) is 10.0 Å². The maximum Gasteiger partial charge on any atom is 0.244 e. The van der Waals surface area contributed by atoms with Crippen molar-refractivity contribution >= 4 is 22.0 Å². The van der Waals surface area contributed by atoms with Crippen molar-refractivity contribution in [2.75, 3.05) is 0 Å². The van der Waals surface area contributed by atoms with Crippen molar-refractivity contribution in [2.24, 2.45) is 16.7 Å². The highest BCUT2D eigenvalue weighted by atomic mass is 32.2. The predicted octanol–water partition coefficient (Wildman–Crippen LogP) is 4.10. The van der Waals surface area contributed by atoms with Crippen LogP contribution in [-0.4, -0.2) is 20.4 Å². The molecule has 3 unspecified atom stereocenters. The molecule has 2 aliphatic rings. The predicted molar refractivity (Wildman–Crippen MR) is 119 cm³/mol. The molecule has 0 spiro atoms. The van der Waals surface area contributed by atoms with E-state index in [-0.39, 0.29) is 34.2 Å². The highest BCUT2D eigenvalue weighted by molar-refractivity contribution is 7.89. The largest absolute Gasteiger partial charge is 0.468 e. The van der Waals surface area contributed by atoms with Gasteiger partial charge in [-0.2, -0.15) is 0 Å². The summed E-state index contributed by atoms with van der Waals surface area (Å²) in [6.45, 7) is 7.04. The average molecular weight is 443 g/mol. The second-order valence-corrected chi connectivity index (χ2v) is 11.2. The maximum atomic E-state index is 12.5. The Hall–Kier alpha value is -2.38. The summed E-state index contributed by atoms with van der Waals surface area (Å²) in [5.74, 6) is 1.11. The average Bonchev–Trinajstić information content (AvgIpc) is 3.38. The first-order chi connectivity index (χ1) is 14.6. The van der Waals surface area contributed by atoms with Crippen LogP contribution in [-0.2, 0) is 21.4 Å². The van der Waals surface area contributed by atoms with E-state index in [0.717, 1.165) is 18.4 Å². The van der Waals surface area contributed by atoms with Crippen LogP contribution in [0.4, 0.5) is 0 Å². The van der Waals surface area contributed by atoms with E-state index in [9.17, 15) is 13.2 Å². The van der Waals surface area contributed by atoms with Gasteiger partial charge in [0.25, 0.3) is 0 Å². The molecule has 4 rings (SSSR count). The summed E-state index contributed by atoms with van der Waals surface area (Å²) >= 11 is 0. The minimum absolute atomic E-state index is 0.0922. The van der Waals surface area contributed by atoms with Gasteiger partial charge in [-0.05, 0) is 71.9 Å². The molecule has 6 nitrogen and oxygen atoms in total. The minimum atomic E-state index is -3.64. The molecule has 166 valence electrons. The van der Waals surface area contributed by atoms with Gasteiger partial charge in [0.15, 0.2) is 0 Å². The third kappa shape index (κ3) is 4.08. The summed E-state index contributed by atoms with van der Waals surface area (Å²) in [5, 5.41) is 3.20. The van der Waals surface area contributed by atoms with E-state index in [1.807, 2.05) is 0 Å². The van der Waals surface area contributed by atoms with Crippen LogP contribution in [0.3, 0.4) is 0 Å². The summed E-state index contributed by atoms with van der Waals surface area (Å²) < 4.78 is 32.5. The van der Waals surface area contributed by atoms with Crippen molar-refractivity contribution in [3.05, 3.63) is 60.1 Å². The quantitative estimate of drug-likeness (QED) is 0.632. The normalized spacial score (nSPS) is 27.1. The van der Waals surface area contributed by atoms with Crippen LogP contribution < -0.4 is 10.0 Å². The van der Waals surface area contributed by atoms with E-state index in [2.05, 4.69) is 30.8 Å². The number of fused-ring (bicyclic) bond motifs is 2. The van der Waals surface area contributed by atoms with Crippen molar-refractivity contribution in [3.63, 3.8) is 0 Å². The highest BCUT2D eigenvalue weighted by Gasteiger charge is 2.61. The van der Waals surface area contributed by atoms with Crippen molar-refractivity contribution < 1.29 is 17.6 Å². The lowest BCUT2D eigenvalue weighted by molar-refractivity contribution is -0.118. The van der Waals surface area contributed by atoms with Crippen LogP contribution in [0.15, 0.2) is 58.1 Å². The van der Waals surface area contributed by atoms with Crippen molar-refractivity contribution in [2.45, 2.75) is 57.5 Å². The monoisotopic (exact) mass is 442 g/mol. The van der Waals surface area contributed by atoms with Gasteiger partial charge in [-0.1, -0.05) is 32.9 Å². The maximum absolute atomic E-state index is 12.5. The lowest BCUT2D eigenvalue weighted by Crippen LogP contribution is -2.46. The molecule has 3 atom stereocenters. The summed E-state index contributed by atoms with van der Waals surface area (Å²) in [4.78, 5) is 12.7. The smallest absolute Gasteiger partial charge is 0.244 e. The first kappa shape index (κ1) is 21.8. The number of benzene rings is 1. The van der Waals surface area contributed by atoms with Crippen LogP contribution >= 0.6 is 0 Å². The zero-order chi connectivity index (χ0) is 22.3. The SMILES string of the molecule is CC1(C)C2CCC1(C)C(NC(=O)/C=C/c1ccc(S(=O)(=O)NCc3ccco3)cc1)C2. The zero-order valence-corrected chi connectivity index (χ0v) is 19.0. The first-order valence-corrected chi connectivity index (χ1v) is 12.2. The summed E-state index contributed by atoms with van der Waals surface area (Å²) in [7, 11) is -3.64. The Kier molecular flexibility index (Phi) is 5.60. The third-order valence-corrected chi connectivity index (χ3v) is 9.16. The molecule has 2 fully saturated rings. The summed E-state index contributed by atoms with van der Waals surface area (Å²) in [6, 6.07) is 10.0. The van der Waals surface area contributed by atoms with Crippen LogP contribution in [0.2, 0.25) is 0 Å². The number of furan rings is 1. The third-order valence-electron chi connectivity index (χ3n) is 7.74. The summed E-state index contributed by atoms with van der Waals surface area (Å²) in [6.07, 6.45) is 8.18. The molecule has 2 saturated carbocycles. The van der Waals surface area contributed by atoms with Gasteiger partial charge in [0.1, 0.15) is 5.76 Å². The molecule has 1 heterocycles. The number of rotatable bonds is 7. The topological polar surface area (TPSA) is 88.4 Å². The van der Waals surface area contributed by atoms with E-state index >= 15 is 0 Å². The Labute approximate surface area is 184 Å². The number of hydrogen-bond acceptors (Lipinski definition) is 4. The van der Waals surface area contributed by atoms with E-state index in [0.29, 0.717) is 11.7 Å². The Bertz CT molecular complexity index is 1070. The van der Waals surface area contributed by atoms with Gasteiger partial charge >= 0.3 is 0 Å². The van der Waals surface area contributed by atoms with Gasteiger partial charge in [0.05, 0.1) is 17.7 Å². The van der Waals surface area contributed by atoms with Crippen LogP contribution in [0.5, 0.6) is 0 Å². The molecule has 0 aliphatic heterocycles. The Balaban J connectivity index is 1.35. The molecule has 2 aliphatic carbocycles. The van der Waals surface area contributed by atoms with E-state index in [1.165, 1.54) is 30.9 Å². The molecule has 0 saturated heterocycles. The number of carbonyl (C=O) groups is 1. The second-order valence-electron chi connectivity index (χ2n) is 9.48. The van der Waals surface area contributed by atoms with Crippen molar-refractivity contribution in [3.8, 4) is 0 Å². The number of carbonyl (C=O) groups excluding carboxylic acids is 1. The van der Waals surface area contributed by atoms with Gasteiger partial charge in [-0.3, -0.25) is 4.79 Å². The fraction of sp³-hybridized carbons (Fsp3) is 0.458. The Morgan fingerprint density at radius 3 is 2.52 bits per heavy atom. The van der Waals surface area contributed by atoms with E-state index in [4.69, 9.17) is 4.42 Å². The number of sulfonamides is 1. The van der Waals surface area contributed by atoms with Crippen LogP contribution in [0.1, 0.15) is 51.4 Å². The minimum Gasteiger partial charge on any atom is -0.468 e. The molecule has 31 heavy (non-hydrogen) atoms. The molecule has 2 N–H and O–H groups in total. The Morgan fingerprint density at radius 1 is 1.19 bits per heavy atom. The molecule has 0 radical (unpaired) electrons. The van der Waals surface area contributed by atoms with Crippen molar-refractivity contribution in [1.29, 1.82) is 0 Å². The van der Waals surface area contributed by atoms with Gasteiger partial charge < -0.3 is 9.73 Å². The number of nitrogens with one attached hydrogen (secondary N) is 2. The van der Waals surface area contributed by atoms with Gasteiger partial charge in [0.2, 0.25) is 15.9 Å². The molecule has 2 bridgehead atoms. The molecule has 2 aromatic rings. The van der Waals surface area contributed by atoms with E-state index < -0.39 is 10.0 Å². The molecular weight excluding hydrogens is 412 g/mol. The van der Waals surface area contributed by atoms with Crippen LogP contribution in [0.25, 0.3) is 6.08 Å². The molecule has 1 aromatic heterocycles. The fourth-order valence-electron chi connectivity index (χ4n) is 5.23. The first-order valence-electron chi connectivity index (χ1n) is 10.7. The molecule has 7 heteroatoms. The van der Waals surface area contributed by atoms with Gasteiger partial charge in [0, 0.05) is 12.1 Å². The summed E-state index contributed by atoms with van der Waals surface area (Å²) in [5.41, 5.74) is 1.15. The van der Waals surface area contributed by atoms with Gasteiger partial charge in [-0.15, -0.1) is 0 Å². The molecular formula is C24H30N2O4S. The fourth-order valence-corrected chi connectivity index (χ4v) is 6.23. The van der Waals surface area contributed by atoms with Crippen LogP contribution in [0, 0.1) is 16.7 Å². The van der Waals surface area contributed by atoms with E-state index in [1.54, 1.807) is 30.3 Å². The number of hydrogen-bond donors (Lipinski definition) is 2. The number of amides is 1.